The highest BCUT2D eigenvalue weighted by Gasteiger charge is 2.29. The first kappa shape index (κ1) is 18.4. The number of rotatable bonds is 6. The molecule has 0 radical (unpaired) electrons. The topological polar surface area (TPSA) is 63.5 Å². The first-order chi connectivity index (χ1) is 12.6. The molecule has 0 amide bonds. The van der Waals surface area contributed by atoms with E-state index in [1.165, 1.54) is 6.07 Å². The van der Waals surface area contributed by atoms with E-state index in [1.807, 2.05) is 13.0 Å². The van der Waals surface area contributed by atoms with Gasteiger partial charge in [0.25, 0.3) is 0 Å². The highest BCUT2D eigenvalue weighted by molar-refractivity contribution is 5.79. The van der Waals surface area contributed by atoms with Crippen molar-refractivity contribution in [3.63, 3.8) is 0 Å². The van der Waals surface area contributed by atoms with Gasteiger partial charge in [-0.15, -0.1) is 0 Å². The van der Waals surface area contributed by atoms with E-state index >= 15 is 0 Å². The molecule has 0 saturated carbocycles. The maximum Gasteiger partial charge on any atom is 0.191 e. The molecule has 1 fully saturated rings. The molecule has 26 heavy (non-hydrogen) atoms. The van der Waals surface area contributed by atoms with Gasteiger partial charge >= 0.3 is 0 Å². The van der Waals surface area contributed by atoms with Crippen LogP contribution in [0.5, 0.6) is 0 Å². The van der Waals surface area contributed by atoms with Gasteiger partial charge < -0.3 is 19.9 Å². The average molecular weight is 359 g/mol. The fraction of sp³-hybridized carbons (Fsp3) is 0.474. The van der Waals surface area contributed by atoms with Crippen molar-refractivity contribution in [2.24, 2.45) is 4.99 Å². The van der Waals surface area contributed by atoms with E-state index in [0.29, 0.717) is 24.7 Å². The van der Waals surface area contributed by atoms with Gasteiger partial charge in [-0.25, -0.2) is 14.4 Å². The molecular formula is C19H26FN5O. The monoisotopic (exact) mass is 359 g/mol. The summed E-state index contributed by atoms with van der Waals surface area (Å²) < 4.78 is 21.8. The Kier molecular flexibility index (Phi) is 5.88. The van der Waals surface area contributed by atoms with Crippen LogP contribution in [0.3, 0.4) is 0 Å². The Bertz CT molecular complexity index is 738. The Hall–Kier alpha value is -2.41. The third-order valence-corrected chi connectivity index (χ3v) is 4.49. The molecule has 1 saturated heterocycles. The number of aromatic nitrogens is 2. The van der Waals surface area contributed by atoms with Crippen molar-refractivity contribution >= 4 is 5.96 Å². The first-order valence-corrected chi connectivity index (χ1v) is 9.02. The van der Waals surface area contributed by atoms with Crippen molar-refractivity contribution < 1.29 is 9.13 Å². The summed E-state index contributed by atoms with van der Waals surface area (Å²) in [6, 6.07) is 5.15. The molecule has 1 aliphatic rings. The number of aliphatic imine (C=N–C) groups is 1. The number of hydrogen-bond acceptors (Lipinski definition) is 3. The third kappa shape index (κ3) is 4.60. The van der Waals surface area contributed by atoms with Crippen molar-refractivity contribution in [2.75, 3.05) is 19.7 Å². The number of hydrogen-bond donors (Lipinski definition) is 2. The lowest BCUT2D eigenvalue weighted by molar-refractivity contribution is 0.0243. The highest BCUT2D eigenvalue weighted by Crippen LogP contribution is 2.23. The molecule has 0 aliphatic carbocycles. The summed E-state index contributed by atoms with van der Waals surface area (Å²) in [5, 5.41) is 6.55. The van der Waals surface area contributed by atoms with E-state index in [1.54, 1.807) is 29.4 Å². The minimum atomic E-state index is -0.291. The lowest BCUT2D eigenvalue weighted by atomic mass is 10.0. The Morgan fingerprint density at radius 3 is 2.96 bits per heavy atom. The molecule has 1 unspecified atom stereocenters. The van der Waals surface area contributed by atoms with Gasteiger partial charge in [-0.1, -0.05) is 6.07 Å². The normalized spacial score (nSPS) is 20.3. The molecule has 0 spiro atoms. The van der Waals surface area contributed by atoms with Crippen molar-refractivity contribution in [3.05, 3.63) is 48.3 Å². The maximum atomic E-state index is 14.3. The van der Waals surface area contributed by atoms with Crippen molar-refractivity contribution in [2.45, 2.75) is 38.8 Å². The lowest BCUT2D eigenvalue weighted by Crippen LogP contribution is -2.45. The summed E-state index contributed by atoms with van der Waals surface area (Å²) in [7, 11) is 0. The van der Waals surface area contributed by atoms with Crippen LogP contribution in [0.25, 0.3) is 5.69 Å². The van der Waals surface area contributed by atoms with E-state index in [0.717, 1.165) is 31.6 Å². The molecule has 1 aromatic carbocycles. The van der Waals surface area contributed by atoms with E-state index in [-0.39, 0.29) is 11.4 Å². The fourth-order valence-corrected chi connectivity index (χ4v) is 3.02. The van der Waals surface area contributed by atoms with Crippen LogP contribution < -0.4 is 10.6 Å². The highest BCUT2D eigenvalue weighted by atomic mass is 19.1. The summed E-state index contributed by atoms with van der Waals surface area (Å²) in [6.07, 6.45) is 7.06. The number of guanidine groups is 1. The Balaban J connectivity index is 1.64. The molecule has 0 bridgehead atoms. The molecule has 6 nitrogen and oxygen atoms in total. The SMILES string of the molecule is CCNC(=NCc1ccc(-n2ccnc2)c(F)c1)NCC1(C)CCCO1. The zero-order valence-corrected chi connectivity index (χ0v) is 15.3. The number of benzene rings is 1. The number of nitrogens with zero attached hydrogens (tertiary/aromatic N) is 3. The quantitative estimate of drug-likeness (QED) is 0.615. The summed E-state index contributed by atoms with van der Waals surface area (Å²) in [5.74, 6) is 0.420. The largest absolute Gasteiger partial charge is 0.373 e. The standard InChI is InChI=1S/C19H26FN5O/c1-3-22-18(24-13-19(2)7-4-10-26-19)23-12-15-5-6-17(16(20)11-15)25-9-8-21-14-25/h5-6,8-9,11,14H,3-4,7,10,12-13H2,1-2H3,(H2,22,23,24). The summed E-state index contributed by atoms with van der Waals surface area (Å²) in [4.78, 5) is 8.51. The predicted octanol–water partition coefficient (Wildman–Crippen LogP) is 2.64. The first-order valence-electron chi connectivity index (χ1n) is 9.02. The molecule has 1 atom stereocenters. The van der Waals surface area contributed by atoms with E-state index < -0.39 is 0 Å². The Morgan fingerprint density at radius 1 is 1.42 bits per heavy atom. The molecule has 2 N–H and O–H groups in total. The zero-order valence-electron chi connectivity index (χ0n) is 15.3. The lowest BCUT2D eigenvalue weighted by Gasteiger charge is -2.24. The molecular weight excluding hydrogens is 333 g/mol. The van der Waals surface area contributed by atoms with Gasteiger partial charge in [0.2, 0.25) is 0 Å². The number of imidazole rings is 1. The summed E-state index contributed by atoms with van der Waals surface area (Å²) >= 11 is 0. The average Bonchev–Trinajstić information content (AvgIpc) is 3.30. The van der Waals surface area contributed by atoms with Crippen molar-refractivity contribution in [1.82, 2.24) is 20.2 Å². The molecule has 1 aromatic heterocycles. The second-order valence-electron chi connectivity index (χ2n) is 6.71. The molecule has 2 aromatic rings. The molecule has 2 heterocycles. The van der Waals surface area contributed by atoms with Crippen molar-refractivity contribution in [1.29, 1.82) is 0 Å². The van der Waals surface area contributed by atoms with Gasteiger partial charge in [0.1, 0.15) is 5.82 Å². The smallest absolute Gasteiger partial charge is 0.191 e. The number of ether oxygens (including phenoxy) is 1. The van der Waals surface area contributed by atoms with Crippen LogP contribution in [-0.2, 0) is 11.3 Å². The maximum absolute atomic E-state index is 14.3. The molecule has 3 rings (SSSR count). The number of nitrogens with one attached hydrogen (secondary N) is 2. The Labute approximate surface area is 153 Å². The van der Waals surface area contributed by atoms with Crippen LogP contribution in [0, 0.1) is 5.82 Å². The van der Waals surface area contributed by atoms with Crippen molar-refractivity contribution in [3.8, 4) is 5.69 Å². The van der Waals surface area contributed by atoms with Crippen LogP contribution >= 0.6 is 0 Å². The second-order valence-corrected chi connectivity index (χ2v) is 6.71. The van der Waals surface area contributed by atoms with E-state index in [2.05, 4.69) is 27.5 Å². The summed E-state index contributed by atoms with van der Waals surface area (Å²) in [6.45, 7) is 6.80. The van der Waals surface area contributed by atoms with Gasteiger partial charge in [0.05, 0.1) is 24.2 Å². The Morgan fingerprint density at radius 2 is 2.31 bits per heavy atom. The van der Waals surface area contributed by atoms with E-state index in [4.69, 9.17) is 4.74 Å². The third-order valence-electron chi connectivity index (χ3n) is 4.49. The van der Waals surface area contributed by atoms with E-state index in [9.17, 15) is 4.39 Å². The zero-order chi connectivity index (χ0) is 18.4. The van der Waals surface area contributed by atoms with Crippen LogP contribution in [0.2, 0.25) is 0 Å². The number of halogens is 1. The van der Waals surface area contributed by atoms with Gasteiger partial charge in [-0.2, -0.15) is 0 Å². The van der Waals surface area contributed by atoms with Crippen LogP contribution in [-0.4, -0.2) is 40.8 Å². The van der Waals surface area contributed by atoms with Gasteiger partial charge in [0.15, 0.2) is 5.96 Å². The van der Waals surface area contributed by atoms with Gasteiger partial charge in [-0.3, -0.25) is 0 Å². The second kappa shape index (κ2) is 8.31. The molecule has 7 heteroatoms. The minimum Gasteiger partial charge on any atom is -0.373 e. The fourth-order valence-electron chi connectivity index (χ4n) is 3.02. The van der Waals surface area contributed by atoms with Gasteiger partial charge in [0, 0.05) is 32.1 Å². The molecule has 1 aliphatic heterocycles. The molecule has 140 valence electrons. The predicted molar refractivity (Wildman–Crippen MR) is 99.9 cm³/mol. The van der Waals surface area contributed by atoms with Gasteiger partial charge in [-0.05, 0) is 44.4 Å². The van der Waals surface area contributed by atoms with Crippen LogP contribution in [0.15, 0.2) is 41.9 Å². The van der Waals surface area contributed by atoms with Crippen LogP contribution in [0.4, 0.5) is 4.39 Å². The minimum absolute atomic E-state index is 0.144. The van der Waals surface area contributed by atoms with Crippen LogP contribution in [0.1, 0.15) is 32.3 Å². The summed E-state index contributed by atoms with van der Waals surface area (Å²) in [5.41, 5.74) is 1.15.